The Bertz CT molecular complexity index is 605. The molecule has 0 amide bonds. The van der Waals surface area contributed by atoms with Crippen LogP contribution in [-0.4, -0.2) is 9.91 Å². The number of nitrogen functional groups attached to an aromatic ring is 1. The van der Waals surface area contributed by atoms with Gasteiger partial charge in [-0.2, -0.15) is 0 Å². The summed E-state index contributed by atoms with van der Waals surface area (Å²) < 4.78 is 5.43. The Morgan fingerprint density at radius 1 is 1.47 bits per heavy atom. The highest BCUT2D eigenvalue weighted by molar-refractivity contribution is 7.98. The van der Waals surface area contributed by atoms with Crippen LogP contribution in [0.25, 0.3) is 0 Å². The van der Waals surface area contributed by atoms with Gasteiger partial charge in [0.15, 0.2) is 0 Å². The van der Waals surface area contributed by atoms with E-state index in [0.717, 1.165) is 17.0 Å². The Morgan fingerprint density at radius 3 is 2.79 bits per heavy atom. The van der Waals surface area contributed by atoms with Crippen LogP contribution in [-0.2, 0) is 5.75 Å². The highest BCUT2D eigenvalue weighted by atomic mass is 32.2. The third-order valence-corrected chi connectivity index (χ3v) is 3.56. The summed E-state index contributed by atoms with van der Waals surface area (Å²) in [4.78, 5) is 14.5. The van der Waals surface area contributed by atoms with E-state index in [-0.39, 0.29) is 11.4 Å². The topological polar surface area (TPSA) is 95.2 Å². The number of anilines is 1. The zero-order valence-electron chi connectivity index (χ0n) is 10.5. The van der Waals surface area contributed by atoms with Crippen molar-refractivity contribution in [1.82, 2.24) is 4.98 Å². The van der Waals surface area contributed by atoms with Gasteiger partial charge in [0.2, 0.25) is 0 Å². The number of hydrogen-bond acceptors (Lipinski definition) is 6. The molecule has 0 radical (unpaired) electrons. The maximum absolute atomic E-state index is 10.8. The predicted octanol–water partition coefficient (Wildman–Crippen LogP) is 3.07. The van der Waals surface area contributed by atoms with Gasteiger partial charge >= 0.3 is 0 Å². The molecule has 0 bridgehead atoms. The number of aromatic nitrogens is 1. The van der Waals surface area contributed by atoms with Crippen LogP contribution in [0.2, 0.25) is 0 Å². The third kappa shape index (κ3) is 3.05. The molecular weight excluding hydrogens is 266 g/mol. The van der Waals surface area contributed by atoms with Crippen molar-refractivity contribution < 1.29 is 9.34 Å². The standard InChI is InChI=1S/C12H13N3O3S/c1-7-8(2)18-12(14-7)19-6-9-3-4-10(13)11(5-9)15(16)17/h3-5H,6,13H2,1-2H3. The van der Waals surface area contributed by atoms with Crippen LogP contribution < -0.4 is 5.73 Å². The summed E-state index contributed by atoms with van der Waals surface area (Å²) in [6.45, 7) is 3.72. The van der Waals surface area contributed by atoms with Crippen LogP contribution in [0.15, 0.2) is 27.8 Å². The van der Waals surface area contributed by atoms with Gasteiger partial charge in [0.1, 0.15) is 11.4 Å². The van der Waals surface area contributed by atoms with Crippen molar-refractivity contribution in [3.8, 4) is 0 Å². The Hall–Kier alpha value is -2.02. The molecule has 2 aromatic rings. The zero-order chi connectivity index (χ0) is 14.0. The summed E-state index contributed by atoms with van der Waals surface area (Å²) >= 11 is 1.39. The van der Waals surface area contributed by atoms with E-state index < -0.39 is 4.92 Å². The summed E-state index contributed by atoms with van der Waals surface area (Å²) in [6.07, 6.45) is 0. The molecule has 0 aliphatic heterocycles. The minimum atomic E-state index is -0.483. The second-order valence-electron chi connectivity index (χ2n) is 4.06. The van der Waals surface area contributed by atoms with Gasteiger partial charge in [-0.3, -0.25) is 10.1 Å². The van der Waals surface area contributed by atoms with E-state index in [1.54, 1.807) is 12.1 Å². The molecule has 0 atom stereocenters. The zero-order valence-corrected chi connectivity index (χ0v) is 11.4. The summed E-state index contributed by atoms with van der Waals surface area (Å²) in [5, 5.41) is 11.3. The lowest BCUT2D eigenvalue weighted by molar-refractivity contribution is -0.383. The fraction of sp³-hybridized carbons (Fsp3) is 0.250. The summed E-state index contributed by atoms with van der Waals surface area (Å²) in [5.41, 5.74) is 7.30. The molecule has 6 nitrogen and oxygen atoms in total. The number of aryl methyl sites for hydroxylation is 2. The van der Waals surface area contributed by atoms with Gasteiger partial charge in [-0.05, 0) is 25.5 Å². The van der Waals surface area contributed by atoms with E-state index in [2.05, 4.69) is 4.98 Å². The molecule has 0 aliphatic rings. The fourth-order valence-corrected chi connectivity index (χ4v) is 2.34. The lowest BCUT2D eigenvalue weighted by Gasteiger charge is -2.01. The first-order valence-electron chi connectivity index (χ1n) is 5.57. The SMILES string of the molecule is Cc1nc(SCc2ccc(N)c([N+](=O)[O-])c2)oc1C. The summed E-state index contributed by atoms with van der Waals surface area (Å²) in [7, 11) is 0. The van der Waals surface area contributed by atoms with E-state index in [1.807, 2.05) is 13.8 Å². The Balaban J connectivity index is 2.11. The quantitative estimate of drug-likeness (QED) is 0.400. The van der Waals surface area contributed by atoms with Crippen LogP contribution in [0, 0.1) is 24.0 Å². The minimum Gasteiger partial charge on any atom is -0.437 e. The van der Waals surface area contributed by atoms with Gasteiger partial charge in [-0.15, -0.1) is 0 Å². The minimum absolute atomic E-state index is 0.0714. The molecule has 7 heteroatoms. The number of hydrogen-bond donors (Lipinski definition) is 1. The summed E-state index contributed by atoms with van der Waals surface area (Å²) in [5.74, 6) is 1.33. The first-order valence-corrected chi connectivity index (χ1v) is 6.55. The molecule has 2 N–H and O–H groups in total. The molecule has 1 aromatic carbocycles. The Morgan fingerprint density at radius 2 is 2.21 bits per heavy atom. The van der Waals surface area contributed by atoms with Crippen LogP contribution in [0.3, 0.4) is 0 Å². The van der Waals surface area contributed by atoms with E-state index in [1.165, 1.54) is 17.8 Å². The molecule has 0 spiro atoms. The first kappa shape index (κ1) is 13.4. The molecule has 0 unspecified atom stereocenters. The molecule has 0 saturated carbocycles. The molecule has 0 aliphatic carbocycles. The average Bonchev–Trinajstić information content (AvgIpc) is 2.67. The van der Waals surface area contributed by atoms with Gasteiger partial charge in [0.05, 0.1) is 10.6 Å². The van der Waals surface area contributed by atoms with Crippen LogP contribution in [0.5, 0.6) is 0 Å². The third-order valence-electron chi connectivity index (χ3n) is 2.66. The molecule has 0 fully saturated rings. The van der Waals surface area contributed by atoms with Crippen molar-refractivity contribution in [3.05, 3.63) is 45.3 Å². The molecule has 19 heavy (non-hydrogen) atoms. The second-order valence-corrected chi connectivity index (χ2v) is 4.99. The van der Waals surface area contributed by atoms with E-state index >= 15 is 0 Å². The van der Waals surface area contributed by atoms with Crippen LogP contribution in [0.1, 0.15) is 17.0 Å². The van der Waals surface area contributed by atoms with Gasteiger partial charge in [0, 0.05) is 11.8 Å². The lowest BCUT2D eigenvalue weighted by atomic mass is 10.2. The average molecular weight is 279 g/mol. The number of oxazole rings is 1. The van der Waals surface area contributed by atoms with E-state index in [9.17, 15) is 10.1 Å². The number of nitrogens with two attached hydrogens (primary N) is 1. The van der Waals surface area contributed by atoms with Crippen molar-refractivity contribution in [3.63, 3.8) is 0 Å². The highest BCUT2D eigenvalue weighted by Crippen LogP contribution is 2.28. The number of nitro benzene ring substituents is 1. The smallest absolute Gasteiger partial charge is 0.292 e. The van der Waals surface area contributed by atoms with Crippen LogP contribution >= 0.6 is 11.8 Å². The highest BCUT2D eigenvalue weighted by Gasteiger charge is 2.13. The predicted molar refractivity (Wildman–Crippen MR) is 73.0 cm³/mol. The molecular formula is C12H13N3O3S. The fourth-order valence-electron chi connectivity index (χ4n) is 1.49. The van der Waals surface area contributed by atoms with Crippen molar-refractivity contribution in [2.24, 2.45) is 0 Å². The van der Waals surface area contributed by atoms with E-state index in [4.69, 9.17) is 10.2 Å². The Kier molecular flexibility index (Phi) is 3.75. The lowest BCUT2D eigenvalue weighted by Crippen LogP contribution is -1.96. The number of nitrogens with zero attached hydrogens (tertiary/aromatic N) is 2. The van der Waals surface area contributed by atoms with Crippen molar-refractivity contribution in [2.75, 3.05) is 5.73 Å². The molecule has 2 rings (SSSR count). The van der Waals surface area contributed by atoms with E-state index in [0.29, 0.717) is 11.0 Å². The number of rotatable bonds is 4. The number of nitro groups is 1. The monoisotopic (exact) mass is 279 g/mol. The molecule has 100 valence electrons. The first-order chi connectivity index (χ1) is 8.97. The van der Waals surface area contributed by atoms with Crippen LogP contribution in [0.4, 0.5) is 11.4 Å². The Labute approximate surface area is 114 Å². The van der Waals surface area contributed by atoms with Gasteiger partial charge in [-0.1, -0.05) is 17.8 Å². The van der Waals surface area contributed by atoms with Gasteiger partial charge in [0.25, 0.3) is 10.9 Å². The number of thioether (sulfide) groups is 1. The largest absolute Gasteiger partial charge is 0.437 e. The maximum atomic E-state index is 10.8. The second kappa shape index (κ2) is 5.31. The normalized spacial score (nSPS) is 10.6. The van der Waals surface area contributed by atoms with Crippen molar-refractivity contribution in [2.45, 2.75) is 24.8 Å². The van der Waals surface area contributed by atoms with Gasteiger partial charge < -0.3 is 10.2 Å². The molecule has 1 aromatic heterocycles. The molecule has 0 saturated heterocycles. The van der Waals surface area contributed by atoms with Crippen molar-refractivity contribution >= 4 is 23.1 Å². The summed E-state index contributed by atoms with van der Waals surface area (Å²) in [6, 6.07) is 4.78. The number of benzene rings is 1. The maximum Gasteiger partial charge on any atom is 0.292 e. The molecule has 1 heterocycles. The van der Waals surface area contributed by atoms with Gasteiger partial charge in [-0.25, -0.2) is 4.98 Å². The van der Waals surface area contributed by atoms with Crippen molar-refractivity contribution in [1.29, 1.82) is 0 Å².